The molecule has 5 nitrogen and oxygen atoms in total. The molecule has 3 aromatic heterocycles. The van der Waals surface area contributed by atoms with E-state index in [4.69, 9.17) is 0 Å². The molecule has 0 bridgehead atoms. The Morgan fingerprint density at radius 2 is 1.56 bits per heavy atom. The summed E-state index contributed by atoms with van der Waals surface area (Å²) in [4.78, 5) is 12.8. The number of rotatable bonds is 3. The van der Waals surface area contributed by atoms with E-state index in [2.05, 4.69) is 75.7 Å². The second-order valence-electron chi connectivity index (χ2n) is 7.45. The molecule has 0 spiro atoms. The van der Waals surface area contributed by atoms with Crippen LogP contribution in [0.4, 0.5) is 0 Å². The fourth-order valence-corrected chi connectivity index (χ4v) is 3.71. The van der Waals surface area contributed by atoms with Crippen LogP contribution >= 0.6 is 0 Å². The molecular formula is C22H25N5. The molecule has 0 radical (unpaired) electrons. The Labute approximate surface area is 160 Å². The smallest absolute Gasteiger partial charge is 0.0870 e. The van der Waals surface area contributed by atoms with Crippen molar-refractivity contribution in [2.75, 3.05) is 0 Å². The van der Waals surface area contributed by atoms with Gasteiger partial charge in [0.1, 0.15) is 0 Å². The van der Waals surface area contributed by atoms with Gasteiger partial charge < -0.3 is 10.4 Å². The highest BCUT2D eigenvalue weighted by Crippen LogP contribution is 2.25. The van der Waals surface area contributed by atoms with Crippen LogP contribution in [0, 0.1) is 27.7 Å². The molecule has 1 atom stereocenters. The zero-order chi connectivity index (χ0) is 19.0. The fourth-order valence-electron chi connectivity index (χ4n) is 3.71. The van der Waals surface area contributed by atoms with Crippen molar-refractivity contribution in [1.82, 2.24) is 20.4 Å². The van der Waals surface area contributed by atoms with Crippen molar-refractivity contribution in [2.45, 2.75) is 46.6 Å². The first-order valence-electron chi connectivity index (χ1n) is 9.40. The van der Waals surface area contributed by atoms with Crippen LogP contribution in [-0.4, -0.2) is 20.7 Å². The van der Waals surface area contributed by atoms with E-state index in [-0.39, 0.29) is 6.04 Å². The van der Waals surface area contributed by atoms with E-state index in [0.29, 0.717) is 0 Å². The van der Waals surface area contributed by atoms with E-state index in [0.717, 1.165) is 52.7 Å². The third kappa shape index (κ3) is 3.77. The molecule has 0 saturated carbocycles. The Balaban J connectivity index is 1.54. The summed E-state index contributed by atoms with van der Waals surface area (Å²) in [5, 5.41) is 4.63. The van der Waals surface area contributed by atoms with Crippen molar-refractivity contribution in [3.63, 3.8) is 0 Å². The SMILES string of the molecule is Cc1cc(C)nc(-c2ccc(C3=NNC(c4cc(C)cc(C)n4)CC3)[nH]2)c1. The summed E-state index contributed by atoms with van der Waals surface area (Å²) >= 11 is 0. The number of pyridine rings is 2. The Morgan fingerprint density at radius 3 is 2.22 bits per heavy atom. The Morgan fingerprint density at radius 1 is 0.852 bits per heavy atom. The van der Waals surface area contributed by atoms with E-state index >= 15 is 0 Å². The monoisotopic (exact) mass is 359 g/mol. The first-order chi connectivity index (χ1) is 13.0. The number of nitrogens with one attached hydrogen (secondary N) is 2. The van der Waals surface area contributed by atoms with Gasteiger partial charge in [-0.1, -0.05) is 0 Å². The summed E-state index contributed by atoms with van der Waals surface area (Å²) in [6.07, 6.45) is 1.89. The molecule has 0 amide bonds. The molecule has 1 unspecified atom stereocenters. The Hall–Kier alpha value is -2.95. The van der Waals surface area contributed by atoms with Gasteiger partial charge in [0.05, 0.1) is 34.5 Å². The highest BCUT2D eigenvalue weighted by molar-refractivity contribution is 5.99. The molecule has 3 aromatic rings. The maximum Gasteiger partial charge on any atom is 0.0870 e. The maximum atomic E-state index is 4.67. The van der Waals surface area contributed by atoms with Gasteiger partial charge in [0.25, 0.3) is 0 Å². The first-order valence-corrected chi connectivity index (χ1v) is 9.40. The van der Waals surface area contributed by atoms with Crippen molar-refractivity contribution in [2.24, 2.45) is 5.10 Å². The normalized spacial score (nSPS) is 16.7. The topological polar surface area (TPSA) is 66.0 Å². The Bertz CT molecular complexity index is 975. The molecule has 1 aliphatic rings. The lowest BCUT2D eigenvalue weighted by Gasteiger charge is -2.22. The summed E-state index contributed by atoms with van der Waals surface area (Å²) in [5.41, 5.74) is 13.0. The molecular weight excluding hydrogens is 334 g/mol. The quantitative estimate of drug-likeness (QED) is 0.722. The highest BCUT2D eigenvalue weighted by Gasteiger charge is 2.20. The second kappa shape index (κ2) is 6.99. The number of H-pyrrole nitrogens is 1. The fraction of sp³-hybridized carbons (Fsp3) is 0.318. The van der Waals surface area contributed by atoms with Crippen LogP contribution < -0.4 is 5.43 Å². The summed E-state index contributed by atoms with van der Waals surface area (Å²) in [6.45, 7) is 8.27. The number of nitrogens with zero attached hydrogens (tertiary/aromatic N) is 3. The van der Waals surface area contributed by atoms with Crippen LogP contribution in [0.25, 0.3) is 11.4 Å². The summed E-state index contributed by atoms with van der Waals surface area (Å²) < 4.78 is 0. The van der Waals surface area contributed by atoms with Gasteiger partial charge >= 0.3 is 0 Å². The minimum Gasteiger partial charge on any atom is -0.352 e. The molecule has 4 heterocycles. The van der Waals surface area contributed by atoms with Crippen LogP contribution in [0.3, 0.4) is 0 Å². The lowest BCUT2D eigenvalue weighted by molar-refractivity contribution is 0.492. The predicted octanol–water partition coefficient (Wildman–Crippen LogP) is 4.53. The molecule has 4 rings (SSSR count). The maximum absolute atomic E-state index is 4.67. The van der Waals surface area contributed by atoms with Crippen molar-refractivity contribution in [3.05, 3.63) is 70.3 Å². The lowest BCUT2D eigenvalue weighted by atomic mass is 10.0. The van der Waals surface area contributed by atoms with Crippen LogP contribution in [0.2, 0.25) is 0 Å². The summed E-state index contributed by atoms with van der Waals surface area (Å²) in [5.74, 6) is 0. The second-order valence-corrected chi connectivity index (χ2v) is 7.45. The average molecular weight is 359 g/mol. The molecule has 138 valence electrons. The van der Waals surface area contributed by atoms with Gasteiger partial charge in [-0.05, 0) is 88.1 Å². The van der Waals surface area contributed by atoms with Gasteiger partial charge in [-0.25, -0.2) is 0 Å². The zero-order valence-electron chi connectivity index (χ0n) is 16.3. The van der Waals surface area contributed by atoms with Gasteiger partial charge in [-0.15, -0.1) is 0 Å². The minimum absolute atomic E-state index is 0.169. The van der Waals surface area contributed by atoms with Gasteiger partial charge in [0.15, 0.2) is 0 Å². The number of hydrogen-bond acceptors (Lipinski definition) is 4. The number of hydrogen-bond donors (Lipinski definition) is 2. The molecule has 2 N–H and O–H groups in total. The minimum atomic E-state index is 0.169. The van der Waals surface area contributed by atoms with Crippen molar-refractivity contribution >= 4 is 5.71 Å². The lowest BCUT2D eigenvalue weighted by Crippen LogP contribution is -2.25. The molecule has 5 heteroatoms. The standard InChI is InChI=1S/C22H25N5/c1-13-9-15(3)23-21(11-13)18-6-5-17(25-18)19-7-8-20(27-26-19)22-12-14(2)10-16(4)24-22/h5-6,9-12,20,25,27H,7-8H2,1-4H3. The average Bonchev–Trinajstić information content (AvgIpc) is 3.10. The van der Waals surface area contributed by atoms with Crippen molar-refractivity contribution in [3.8, 4) is 11.4 Å². The van der Waals surface area contributed by atoms with E-state index in [1.165, 1.54) is 11.1 Å². The molecule has 0 saturated heterocycles. The number of hydrazone groups is 1. The predicted molar refractivity (Wildman–Crippen MR) is 109 cm³/mol. The van der Waals surface area contributed by atoms with E-state index in [1.54, 1.807) is 0 Å². The van der Waals surface area contributed by atoms with Crippen LogP contribution in [0.15, 0.2) is 41.5 Å². The van der Waals surface area contributed by atoms with Crippen molar-refractivity contribution < 1.29 is 0 Å². The van der Waals surface area contributed by atoms with Crippen LogP contribution in [-0.2, 0) is 0 Å². The zero-order valence-corrected chi connectivity index (χ0v) is 16.3. The van der Waals surface area contributed by atoms with E-state index in [1.807, 2.05) is 13.8 Å². The summed E-state index contributed by atoms with van der Waals surface area (Å²) in [6, 6.07) is 12.8. The number of aromatic amines is 1. The highest BCUT2D eigenvalue weighted by atomic mass is 15.3. The van der Waals surface area contributed by atoms with Gasteiger partial charge in [-0.3, -0.25) is 9.97 Å². The first kappa shape index (κ1) is 17.5. The third-order valence-electron chi connectivity index (χ3n) is 4.87. The molecule has 0 aliphatic carbocycles. The van der Waals surface area contributed by atoms with Gasteiger partial charge in [0.2, 0.25) is 0 Å². The number of aromatic nitrogens is 3. The third-order valence-corrected chi connectivity index (χ3v) is 4.87. The van der Waals surface area contributed by atoms with Crippen LogP contribution in [0.1, 0.15) is 52.8 Å². The molecule has 0 aromatic carbocycles. The van der Waals surface area contributed by atoms with E-state index < -0.39 is 0 Å². The van der Waals surface area contributed by atoms with E-state index in [9.17, 15) is 0 Å². The van der Waals surface area contributed by atoms with Gasteiger partial charge in [-0.2, -0.15) is 5.10 Å². The van der Waals surface area contributed by atoms with Gasteiger partial charge in [0, 0.05) is 11.4 Å². The largest absolute Gasteiger partial charge is 0.352 e. The van der Waals surface area contributed by atoms with Crippen LogP contribution in [0.5, 0.6) is 0 Å². The Kier molecular flexibility index (Phi) is 4.52. The molecule has 1 aliphatic heterocycles. The molecule has 27 heavy (non-hydrogen) atoms. The van der Waals surface area contributed by atoms with Crippen molar-refractivity contribution in [1.29, 1.82) is 0 Å². The molecule has 0 fully saturated rings. The number of aryl methyl sites for hydroxylation is 4. The summed E-state index contributed by atoms with van der Waals surface area (Å²) in [7, 11) is 0.